The predicted molar refractivity (Wildman–Crippen MR) is 79.2 cm³/mol. The van der Waals surface area contributed by atoms with Gasteiger partial charge in [0.25, 0.3) is 10.0 Å². The molecular formula is C12H15N5O3S. The Balaban J connectivity index is 2.31. The summed E-state index contributed by atoms with van der Waals surface area (Å²) in [5, 5.41) is 2.45. The van der Waals surface area contributed by atoms with Crippen LogP contribution < -0.4 is 15.8 Å². The van der Waals surface area contributed by atoms with Crippen LogP contribution in [0, 0.1) is 0 Å². The molecular weight excluding hydrogens is 294 g/mol. The fourth-order valence-corrected chi connectivity index (χ4v) is 3.12. The van der Waals surface area contributed by atoms with Crippen molar-refractivity contribution in [2.24, 2.45) is 7.05 Å². The smallest absolute Gasteiger partial charge is 0.281 e. The van der Waals surface area contributed by atoms with Gasteiger partial charge in [0, 0.05) is 19.7 Å². The number of amides is 1. The molecule has 0 atom stereocenters. The molecule has 0 spiro atoms. The molecule has 0 bridgehead atoms. The molecule has 0 radical (unpaired) electrons. The van der Waals surface area contributed by atoms with Crippen molar-refractivity contribution in [1.29, 1.82) is 0 Å². The van der Waals surface area contributed by atoms with Crippen molar-refractivity contribution in [3.8, 4) is 0 Å². The number of carbonyl (C=O) groups is 1. The van der Waals surface area contributed by atoms with Crippen LogP contribution >= 0.6 is 0 Å². The first-order valence-electron chi connectivity index (χ1n) is 5.97. The molecule has 21 heavy (non-hydrogen) atoms. The summed E-state index contributed by atoms with van der Waals surface area (Å²) in [5.41, 5.74) is 6.36. The molecule has 0 fully saturated rings. The first-order chi connectivity index (χ1) is 9.79. The normalized spacial score (nSPS) is 11.1. The summed E-state index contributed by atoms with van der Waals surface area (Å²) < 4.78 is 28.3. The molecule has 9 heteroatoms. The van der Waals surface area contributed by atoms with Gasteiger partial charge in [-0.2, -0.15) is 8.42 Å². The number of nitrogens with one attached hydrogen (secondary N) is 2. The Bertz CT molecular complexity index is 762. The summed E-state index contributed by atoms with van der Waals surface area (Å²) in [6.45, 7) is 1.37. The molecule has 2 aromatic rings. The second-order valence-electron chi connectivity index (χ2n) is 4.41. The number of rotatable bonds is 4. The molecule has 112 valence electrons. The van der Waals surface area contributed by atoms with Gasteiger partial charge >= 0.3 is 0 Å². The van der Waals surface area contributed by atoms with E-state index < -0.39 is 10.0 Å². The highest BCUT2D eigenvalue weighted by atomic mass is 32.2. The highest BCUT2D eigenvalue weighted by molar-refractivity contribution is 7.92. The summed E-state index contributed by atoms with van der Waals surface area (Å²) in [4.78, 5) is 14.8. The number of anilines is 3. The van der Waals surface area contributed by atoms with Gasteiger partial charge in [-0.25, -0.2) is 4.98 Å². The molecule has 0 saturated carbocycles. The summed E-state index contributed by atoms with van der Waals surface area (Å²) >= 11 is 0. The number of carbonyl (C=O) groups excluding carboxylic acids is 1. The van der Waals surface area contributed by atoms with Gasteiger partial charge in [-0.05, 0) is 18.2 Å². The lowest BCUT2D eigenvalue weighted by Gasteiger charge is -2.10. The van der Waals surface area contributed by atoms with E-state index in [0.29, 0.717) is 11.4 Å². The minimum Gasteiger partial charge on any atom is -0.381 e. The third kappa shape index (κ3) is 3.31. The number of nitrogen functional groups attached to an aromatic ring is 1. The molecule has 1 aromatic heterocycles. The van der Waals surface area contributed by atoms with Crippen molar-refractivity contribution in [2.45, 2.75) is 11.9 Å². The minimum atomic E-state index is -3.86. The number of aryl methyl sites for hydroxylation is 1. The van der Waals surface area contributed by atoms with E-state index in [9.17, 15) is 13.2 Å². The van der Waals surface area contributed by atoms with E-state index in [1.54, 1.807) is 18.2 Å². The maximum atomic E-state index is 12.3. The Morgan fingerprint density at radius 3 is 2.57 bits per heavy atom. The molecule has 1 aromatic carbocycles. The van der Waals surface area contributed by atoms with Gasteiger partial charge < -0.3 is 15.6 Å². The van der Waals surface area contributed by atoms with Gasteiger partial charge in [0.2, 0.25) is 5.91 Å². The van der Waals surface area contributed by atoms with Crippen molar-refractivity contribution >= 4 is 33.1 Å². The van der Waals surface area contributed by atoms with Gasteiger partial charge in [-0.3, -0.25) is 9.52 Å². The fourth-order valence-electron chi connectivity index (χ4n) is 1.83. The molecule has 8 nitrogen and oxygen atoms in total. The van der Waals surface area contributed by atoms with Crippen molar-refractivity contribution < 1.29 is 13.2 Å². The first kappa shape index (κ1) is 14.9. The number of benzene rings is 1. The summed E-state index contributed by atoms with van der Waals surface area (Å²) in [5.74, 6) is -0.325. The highest BCUT2D eigenvalue weighted by Gasteiger charge is 2.22. The van der Waals surface area contributed by atoms with E-state index in [4.69, 9.17) is 5.73 Å². The molecule has 2 rings (SSSR count). The summed E-state index contributed by atoms with van der Waals surface area (Å²) in [7, 11) is -2.33. The first-order valence-corrected chi connectivity index (χ1v) is 7.45. The molecule has 4 N–H and O–H groups in total. The SMILES string of the molecule is CC(=O)Nc1cccc(NS(=O)(=O)c2c(N)ncn2C)c1. The van der Waals surface area contributed by atoms with Crippen LogP contribution in [0.3, 0.4) is 0 Å². The van der Waals surface area contributed by atoms with Crippen molar-refractivity contribution in [1.82, 2.24) is 9.55 Å². The van der Waals surface area contributed by atoms with Crippen LogP contribution in [-0.4, -0.2) is 23.9 Å². The van der Waals surface area contributed by atoms with Gasteiger partial charge in [0.05, 0.1) is 12.0 Å². The highest BCUT2D eigenvalue weighted by Crippen LogP contribution is 2.22. The third-order valence-electron chi connectivity index (χ3n) is 2.60. The number of imidazole rings is 1. The molecule has 0 unspecified atom stereocenters. The van der Waals surface area contributed by atoms with E-state index in [1.165, 1.54) is 30.9 Å². The van der Waals surface area contributed by atoms with Gasteiger partial charge in [0.1, 0.15) is 0 Å². The molecule has 0 aliphatic rings. The van der Waals surface area contributed by atoms with Crippen LogP contribution in [0.2, 0.25) is 0 Å². The van der Waals surface area contributed by atoms with Crippen molar-refractivity contribution in [3.63, 3.8) is 0 Å². The maximum absolute atomic E-state index is 12.3. The zero-order chi connectivity index (χ0) is 15.6. The standard InChI is InChI=1S/C12H15N5O3S/c1-8(18)15-9-4-3-5-10(6-9)16-21(19,20)12-11(13)14-7-17(12)2/h3-7,16H,13H2,1-2H3,(H,15,18). The quantitative estimate of drug-likeness (QED) is 0.770. The largest absolute Gasteiger partial charge is 0.381 e. The Hall–Kier alpha value is -2.55. The van der Waals surface area contributed by atoms with Crippen molar-refractivity contribution in [2.75, 3.05) is 15.8 Å². The van der Waals surface area contributed by atoms with Crippen molar-refractivity contribution in [3.05, 3.63) is 30.6 Å². The predicted octanol–water partition coefficient (Wildman–Crippen LogP) is 0.761. The number of aromatic nitrogens is 2. The maximum Gasteiger partial charge on any atom is 0.281 e. The third-order valence-corrected chi connectivity index (χ3v) is 4.11. The summed E-state index contributed by atoms with van der Waals surface area (Å²) in [6.07, 6.45) is 1.32. The van der Waals surface area contributed by atoms with E-state index in [0.717, 1.165) is 0 Å². The Morgan fingerprint density at radius 2 is 2.00 bits per heavy atom. The van der Waals surface area contributed by atoms with E-state index in [1.807, 2.05) is 0 Å². The van der Waals surface area contributed by atoms with Crippen LogP contribution in [0.1, 0.15) is 6.92 Å². The zero-order valence-electron chi connectivity index (χ0n) is 11.5. The topological polar surface area (TPSA) is 119 Å². The Morgan fingerprint density at radius 1 is 1.33 bits per heavy atom. The van der Waals surface area contributed by atoms with Crippen LogP contribution in [0.25, 0.3) is 0 Å². The second-order valence-corrected chi connectivity index (χ2v) is 6.01. The van der Waals surface area contributed by atoms with Gasteiger partial charge in [-0.1, -0.05) is 6.07 Å². The minimum absolute atomic E-state index is 0.0805. The molecule has 1 heterocycles. The lowest BCUT2D eigenvalue weighted by molar-refractivity contribution is -0.114. The van der Waals surface area contributed by atoms with E-state index in [-0.39, 0.29) is 16.8 Å². The number of nitrogens with two attached hydrogens (primary N) is 1. The van der Waals surface area contributed by atoms with Crippen LogP contribution in [-0.2, 0) is 21.9 Å². The lowest BCUT2D eigenvalue weighted by atomic mass is 10.3. The van der Waals surface area contributed by atoms with Gasteiger partial charge in [0.15, 0.2) is 10.8 Å². The van der Waals surface area contributed by atoms with Crippen LogP contribution in [0.15, 0.2) is 35.6 Å². The number of nitrogens with zero attached hydrogens (tertiary/aromatic N) is 2. The Kier molecular flexibility index (Phi) is 3.85. The van der Waals surface area contributed by atoms with Crippen LogP contribution in [0.5, 0.6) is 0 Å². The number of hydrogen-bond acceptors (Lipinski definition) is 5. The summed E-state index contributed by atoms with van der Waals surface area (Å²) in [6, 6.07) is 6.34. The number of sulfonamides is 1. The number of hydrogen-bond donors (Lipinski definition) is 3. The van der Waals surface area contributed by atoms with Gasteiger partial charge in [-0.15, -0.1) is 0 Å². The molecule has 0 aliphatic carbocycles. The second kappa shape index (κ2) is 5.44. The lowest BCUT2D eigenvalue weighted by Crippen LogP contribution is -2.17. The zero-order valence-corrected chi connectivity index (χ0v) is 12.3. The van der Waals surface area contributed by atoms with Crippen LogP contribution in [0.4, 0.5) is 17.2 Å². The monoisotopic (exact) mass is 309 g/mol. The molecule has 0 saturated heterocycles. The Labute approximate surface area is 122 Å². The average molecular weight is 309 g/mol. The fraction of sp³-hybridized carbons (Fsp3) is 0.167. The van der Waals surface area contributed by atoms with E-state index in [2.05, 4.69) is 15.0 Å². The van der Waals surface area contributed by atoms with E-state index >= 15 is 0 Å². The average Bonchev–Trinajstić information content (AvgIpc) is 2.68. The molecule has 0 aliphatic heterocycles. The molecule has 1 amide bonds.